The van der Waals surface area contributed by atoms with Crippen LogP contribution in [0.2, 0.25) is 25.9 Å². The van der Waals surface area contributed by atoms with Crippen LogP contribution in [0.15, 0.2) is 207 Å². The summed E-state index contributed by atoms with van der Waals surface area (Å²) in [7, 11) is -1.04. The van der Waals surface area contributed by atoms with E-state index in [-0.39, 0.29) is 82.9 Å². The predicted molar refractivity (Wildman–Crippen MR) is 464 cm³/mol. The molecule has 2 unspecified atom stereocenters. The Hall–Kier alpha value is -8.99. The highest BCUT2D eigenvalue weighted by Gasteiger charge is 2.38. The van der Waals surface area contributed by atoms with Crippen LogP contribution in [-0.4, -0.2) is 104 Å². The van der Waals surface area contributed by atoms with Gasteiger partial charge in [0.05, 0.1) is 103 Å². The molecule has 0 saturated heterocycles. The van der Waals surface area contributed by atoms with E-state index in [1.165, 1.54) is 36.4 Å². The first-order chi connectivity index (χ1) is 57.1. The Bertz CT molecular complexity index is 5870. The molecule has 7 aromatic carbocycles. The average Bonchev–Trinajstić information content (AvgIpc) is 1.59. The van der Waals surface area contributed by atoms with E-state index in [4.69, 9.17) is 65.9 Å². The second-order valence-corrected chi connectivity index (χ2v) is 31.9. The molecule has 18 nitrogen and oxygen atoms in total. The standard InChI is InChI=1S/C23H18BrClF2N2O2S.C23H19ClF2N2O2S.C13H11ClFN3.C9H9FO2S.C8H5ClFN.C5H7BrN2.C3H7BO2/c1-3-29-11-12(10-28-29)17-18-13(8-9-15(25)21(18)27)22(19(17)24)32-16-7-5-6-14(20(16)26)23(30)31-4-2;1-3-28-12-13(11-27-28)16-10-19(14-8-9-17(24)22(26)20(14)16)31-18-7-5-6-15(21(18)25)23(29)30-4-2;1-2-17-8-10(7-16-17)18-6-5-9-3-4-11(14)12(15)13(9)18;1-2-12-9(11)6-4-3-5-7(13)8(6)10;9-6-2-1-5-3-4-11-8(5)7(6)10;1-2-8-4-5(6)3-7-8;5-4(6)3-1-2-3/h5-11,17H,3-4H2,1-2H3;5-12,16H,3-4H2,1-2H3;3-8H,2H2,1H3;3-5,13H,2H2,1H3;1-4,11H;3-4H,2H2,1H3;3,5-6H,1-2H2. The summed E-state index contributed by atoms with van der Waals surface area (Å²) in [5, 5.41) is 35.3. The maximum Gasteiger partial charge on any atom is 0.454 e. The number of aryl methyl sites for hydroxylation is 4. The zero-order chi connectivity index (χ0) is 86.1. The number of H-pyrrole nitrogens is 1. The minimum atomic E-state index is -1.04. The minimum absolute atomic E-state index is 0.0127. The molecule has 0 amide bonds. The Balaban J connectivity index is 0.000000157. The molecule has 3 aliphatic rings. The SMILES string of the molecule is CCOC(=O)c1cccc(S)c1F.CCOC(=O)c1cccc(SC2=C(Br)C(c3cnn(CC)c3)c3c2ccc(Cl)c3F)c1F.CCOC(=O)c1cccc(SC2=CC(c3cnn(CC)c3)c3c2ccc(Cl)c3F)c1F.CCn1cc(-n2ccc3ccc(Cl)c(F)c32)cn1.CCn1cc(Br)cn1.Fc1c(Cl)ccc2cc[nH]c12.OB(O)C1CC1. The fourth-order valence-electron chi connectivity index (χ4n) is 12.1. The Kier molecular flexibility index (Phi) is 33.3. The van der Waals surface area contributed by atoms with Gasteiger partial charge in [-0.1, -0.05) is 147 Å². The summed E-state index contributed by atoms with van der Waals surface area (Å²) in [5.74, 6) is -6.53. The van der Waals surface area contributed by atoms with Crippen molar-refractivity contribution in [3.05, 3.63) is 303 Å². The third-order valence-corrected chi connectivity index (χ3v) is 23.5. The third-order valence-electron chi connectivity index (χ3n) is 18.2. The van der Waals surface area contributed by atoms with Crippen LogP contribution in [0.5, 0.6) is 0 Å². The van der Waals surface area contributed by atoms with Crippen LogP contribution in [0.1, 0.15) is 138 Å². The van der Waals surface area contributed by atoms with Crippen LogP contribution >= 0.6 is 114 Å². The number of nitrogens with zero attached hydrogens (tertiary/aromatic N) is 9. The lowest BCUT2D eigenvalue weighted by molar-refractivity contribution is 0.0510. The second-order valence-electron chi connectivity index (χ2n) is 25.9. The van der Waals surface area contributed by atoms with Crippen molar-refractivity contribution in [2.75, 3.05) is 19.8 Å². The topological polar surface area (TPSA) is 211 Å². The zero-order valence-corrected chi connectivity index (χ0v) is 73.3. The van der Waals surface area contributed by atoms with Gasteiger partial charge in [-0.05, 0) is 154 Å². The molecule has 13 aromatic rings. The van der Waals surface area contributed by atoms with Crippen LogP contribution in [0.25, 0.3) is 37.3 Å². The quantitative estimate of drug-likeness (QED) is 0.0207. The maximum absolute atomic E-state index is 15.2. The number of carbonyl (C=O) groups is 3. The molecule has 1 fully saturated rings. The largest absolute Gasteiger partial charge is 0.462 e. The van der Waals surface area contributed by atoms with Crippen molar-refractivity contribution >= 4 is 171 Å². The van der Waals surface area contributed by atoms with Gasteiger partial charge in [-0.2, -0.15) is 20.4 Å². The minimum Gasteiger partial charge on any atom is -0.462 e. The fraction of sp³-hybridized carbons (Fsp3) is 0.226. The van der Waals surface area contributed by atoms with Gasteiger partial charge >= 0.3 is 25.0 Å². The second kappa shape index (κ2) is 43.0. The van der Waals surface area contributed by atoms with Crippen LogP contribution in [0, 0.1) is 40.7 Å². The van der Waals surface area contributed by atoms with Gasteiger partial charge in [0.15, 0.2) is 29.1 Å². The number of halogens is 13. The van der Waals surface area contributed by atoms with Gasteiger partial charge in [0, 0.05) is 137 Å². The van der Waals surface area contributed by atoms with Crippen molar-refractivity contribution in [3.8, 4) is 5.69 Å². The van der Waals surface area contributed by atoms with Gasteiger partial charge in [0.1, 0.15) is 11.6 Å². The lowest BCUT2D eigenvalue weighted by Crippen LogP contribution is -2.09. The number of aromatic nitrogens is 10. The number of rotatable bonds is 18. The molecule has 0 radical (unpaired) electrons. The lowest BCUT2D eigenvalue weighted by atomic mass is 9.84. The molecule has 6 heterocycles. The summed E-state index contributed by atoms with van der Waals surface area (Å²) >= 11 is 36.6. The summed E-state index contributed by atoms with van der Waals surface area (Å²) in [6.45, 7) is 16.6. The van der Waals surface area contributed by atoms with Crippen molar-refractivity contribution in [2.24, 2.45) is 0 Å². The monoisotopic (exact) mass is 1890 g/mol. The highest BCUT2D eigenvalue weighted by molar-refractivity contribution is 9.12. The first-order valence-corrected chi connectivity index (χ1v) is 42.2. The molecule has 1 saturated carbocycles. The molecule has 622 valence electrons. The van der Waals surface area contributed by atoms with Gasteiger partial charge in [-0.3, -0.25) is 18.7 Å². The van der Waals surface area contributed by atoms with Crippen LogP contribution in [-0.2, 0) is 40.4 Å². The van der Waals surface area contributed by atoms with E-state index in [9.17, 15) is 27.6 Å². The average molecular weight is 1900 g/mol. The maximum atomic E-state index is 15.2. The van der Waals surface area contributed by atoms with Gasteiger partial charge in [0.25, 0.3) is 0 Å². The van der Waals surface area contributed by atoms with Crippen molar-refractivity contribution in [1.29, 1.82) is 0 Å². The van der Waals surface area contributed by atoms with Gasteiger partial charge < -0.3 is 33.8 Å². The fourth-order valence-corrected chi connectivity index (χ4v) is 16.3. The molecule has 0 spiro atoms. The number of carbonyl (C=O) groups excluding carboxylic acids is 3. The number of esters is 3. The predicted octanol–water partition coefficient (Wildman–Crippen LogP) is 23.5. The molecule has 3 N–H and O–H groups in total. The number of nitrogens with one attached hydrogen (secondary N) is 1. The van der Waals surface area contributed by atoms with Gasteiger partial charge in [-0.25, -0.2) is 45.1 Å². The van der Waals surface area contributed by atoms with E-state index in [2.05, 4.69) is 81.5 Å². The molecule has 16 rings (SSSR count). The molecule has 0 bridgehead atoms. The van der Waals surface area contributed by atoms with Crippen molar-refractivity contribution in [2.45, 2.75) is 120 Å². The number of thioether (sulfide) groups is 2. The number of benzene rings is 7. The molecule has 0 aliphatic heterocycles. The molecule has 119 heavy (non-hydrogen) atoms. The number of fused-ring (bicyclic) bond motifs is 4. The van der Waals surface area contributed by atoms with E-state index in [0.717, 1.165) is 81.5 Å². The summed E-state index contributed by atoms with van der Waals surface area (Å²) in [4.78, 5) is 40.0. The molecular formula is C84H76BBr2Cl4F7N10O8S3. The number of aromatic amines is 1. The first-order valence-electron chi connectivity index (χ1n) is 37.1. The van der Waals surface area contributed by atoms with Crippen molar-refractivity contribution in [3.63, 3.8) is 0 Å². The summed E-state index contributed by atoms with van der Waals surface area (Å²) in [6, 6.07) is 30.3. The highest BCUT2D eigenvalue weighted by Crippen LogP contribution is 2.56. The van der Waals surface area contributed by atoms with Crippen LogP contribution in [0.4, 0.5) is 30.7 Å². The van der Waals surface area contributed by atoms with E-state index in [1.54, 1.807) is 137 Å². The van der Waals surface area contributed by atoms with Gasteiger partial charge in [-0.15, -0.1) is 12.6 Å². The third kappa shape index (κ3) is 22.4. The summed E-state index contributed by atoms with van der Waals surface area (Å²) < 4.78 is 126. The zero-order valence-electron chi connectivity index (χ0n) is 64.5. The van der Waals surface area contributed by atoms with Crippen molar-refractivity contribution < 1.29 is 69.4 Å². The molecule has 6 aromatic heterocycles. The molecule has 2 atom stereocenters. The van der Waals surface area contributed by atoms with Crippen LogP contribution in [0.3, 0.4) is 0 Å². The smallest absolute Gasteiger partial charge is 0.454 e. The molecule has 35 heteroatoms. The van der Waals surface area contributed by atoms with E-state index in [0.29, 0.717) is 60.7 Å². The molecule has 3 aliphatic carbocycles. The first kappa shape index (κ1) is 92.3. The Labute approximate surface area is 731 Å². The number of hydrogen-bond donors (Lipinski definition) is 4. The Morgan fingerprint density at radius 3 is 1.53 bits per heavy atom. The Morgan fingerprint density at radius 1 is 0.529 bits per heavy atom. The lowest BCUT2D eigenvalue weighted by Gasteiger charge is -2.12. The van der Waals surface area contributed by atoms with Crippen molar-refractivity contribution in [1.82, 2.24) is 48.7 Å². The number of hydrogen-bond acceptors (Lipinski definition) is 15. The van der Waals surface area contributed by atoms with E-state index >= 15 is 17.6 Å². The van der Waals surface area contributed by atoms with Crippen LogP contribution < -0.4 is 0 Å². The number of thiol groups is 1. The van der Waals surface area contributed by atoms with E-state index in [1.807, 2.05) is 74.6 Å². The summed E-state index contributed by atoms with van der Waals surface area (Å²) in [5.41, 5.74) is 5.14. The molecular weight excluding hydrogens is 1820 g/mol. The Morgan fingerprint density at radius 2 is 1.01 bits per heavy atom. The number of ether oxygens (including phenoxy) is 3. The normalized spacial score (nSPS) is 13.5. The van der Waals surface area contributed by atoms with Gasteiger partial charge in [0.2, 0.25) is 0 Å². The van der Waals surface area contributed by atoms with E-state index < -0.39 is 71.8 Å². The highest BCUT2D eigenvalue weighted by atomic mass is 79.9. The number of allylic oxidation sites excluding steroid dienone is 2. The summed E-state index contributed by atoms with van der Waals surface area (Å²) in [6.07, 6.45) is 21.8.